The van der Waals surface area contributed by atoms with Crippen molar-refractivity contribution >= 4 is 35.6 Å². The molecule has 39 heavy (non-hydrogen) atoms. The van der Waals surface area contributed by atoms with Gasteiger partial charge >= 0.3 is 0 Å². The second kappa shape index (κ2) is 14.7. The molecule has 0 aromatic heterocycles. The van der Waals surface area contributed by atoms with Crippen molar-refractivity contribution in [2.75, 3.05) is 57.7 Å². The molecule has 2 N–H and O–H groups in total. The molecule has 2 aliphatic heterocycles. The molecule has 9 heteroatoms. The molecule has 2 aliphatic rings. The van der Waals surface area contributed by atoms with E-state index in [2.05, 4.69) is 39.6 Å². The molecular formula is C30H40N6O2S. The molecule has 0 saturated carbocycles. The van der Waals surface area contributed by atoms with Crippen LogP contribution in [0.15, 0.2) is 52.5 Å². The molecule has 4 rings (SSSR count). The Morgan fingerprint density at radius 1 is 1.15 bits per heavy atom. The van der Waals surface area contributed by atoms with Crippen molar-refractivity contribution in [3.8, 4) is 6.07 Å². The van der Waals surface area contributed by atoms with Gasteiger partial charge in [0.05, 0.1) is 34.1 Å². The number of carbonyl (C=O) groups excluding carboxylic acids is 1. The van der Waals surface area contributed by atoms with Gasteiger partial charge in [0.2, 0.25) is 0 Å². The van der Waals surface area contributed by atoms with Gasteiger partial charge in [0.15, 0.2) is 0 Å². The van der Waals surface area contributed by atoms with E-state index in [0.29, 0.717) is 17.2 Å². The van der Waals surface area contributed by atoms with Gasteiger partial charge < -0.3 is 20.3 Å². The molecule has 208 valence electrons. The van der Waals surface area contributed by atoms with Crippen LogP contribution in [0.4, 0.5) is 11.4 Å². The number of hydrogen-bond acceptors (Lipinski definition) is 9. The number of ether oxygens (including phenoxy) is 1. The number of nitriles is 1. The summed E-state index contributed by atoms with van der Waals surface area (Å²) >= 11 is 1.59. The molecule has 8 nitrogen and oxygen atoms in total. The number of nitrogens with two attached hydrogens (primary N) is 1. The molecule has 2 aromatic rings. The number of likely N-dealkylation sites (N-methyl/N-ethyl adjacent to an activating group) is 2. The van der Waals surface area contributed by atoms with E-state index >= 15 is 0 Å². The summed E-state index contributed by atoms with van der Waals surface area (Å²) in [5.41, 5.74) is 12.2. The zero-order valence-corrected chi connectivity index (χ0v) is 24.4. The van der Waals surface area contributed by atoms with Gasteiger partial charge in [-0.25, -0.2) is 0 Å². The highest BCUT2D eigenvalue weighted by molar-refractivity contribution is 8.02. The predicted molar refractivity (Wildman–Crippen MR) is 163 cm³/mol. The number of allylic oxidation sites excluding steroid dienone is 1. The van der Waals surface area contributed by atoms with Crippen molar-refractivity contribution in [1.29, 1.82) is 5.26 Å². The summed E-state index contributed by atoms with van der Waals surface area (Å²) in [7, 11) is 7.48. The fourth-order valence-corrected chi connectivity index (χ4v) is 5.68. The zero-order valence-electron chi connectivity index (χ0n) is 23.6. The van der Waals surface area contributed by atoms with E-state index in [1.165, 1.54) is 11.3 Å². The van der Waals surface area contributed by atoms with Crippen molar-refractivity contribution < 1.29 is 9.53 Å². The van der Waals surface area contributed by atoms with Crippen LogP contribution in [0.5, 0.6) is 0 Å². The lowest BCUT2D eigenvalue weighted by Gasteiger charge is -2.36. The Morgan fingerprint density at radius 3 is 2.49 bits per heavy atom. The molecular weight excluding hydrogens is 508 g/mol. The molecule has 0 amide bonds. The second-order valence-corrected chi connectivity index (χ2v) is 11.0. The van der Waals surface area contributed by atoms with Crippen LogP contribution in [-0.4, -0.2) is 77.6 Å². The van der Waals surface area contributed by atoms with Gasteiger partial charge in [0.1, 0.15) is 12.5 Å². The van der Waals surface area contributed by atoms with Crippen LogP contribution in [0.3, 0.4) is 0 Å². The topological polar surface area (TPSA) is 98.2 Å². The lowest BCUT2D eigenvalue weighted by molar-refractivity contribution is 0.112. The fourth-order valence-electron chi connectivity index (χ4n) is 4.88. The highest BCUT2D eigenvalue weighted by Crippen LogP contribution is 2.38. The summed E-state index contributed by atoms with van der Waals surface area (Å²) in [5.74, 6) is 0.774. The van der Waals surface area contributed by atoms with E-state index in [9.17, 15) is 4.79 Å². The molecule has 0 aliphatic carbocycles. The highest BCUT2D eigenvalue weighted by Gasteiger charge is 2.33. The molecule has 0 spiro atoms. The average molecular weight is 549 g/mol. The van der Waals surface area contributed by atoms with E-state index in [-0.39, 0.29) is 6.17 Å². The van der Waals surface area contributed by atoms with E-state index < -0.39 is 0 Å². The Hall–Kier alpha value is -3.32. The number of likely N-dealkylation sites (tertiary alicyclic amines) is 1. The maximum atomic E-state index is 11.2. The van der Waals surface area contributed by atoms with Gasteiger partial charge in [-0.1, -0.05) is 6.07 Å². The lowest BCUT2D eigenvalue weighted by Crippen LogP contribution is -2.50. The highest BCUT2D eigenvalue weighted by atomic mass is 32.2. The third kappa shape index (κ3) is 8.09. The molecule has 0 bridgehead atoms. The maximum Gasteiger partial charge on any atom is 0.150 e. The fraction of sp³-hybridized carbons (Fsp3) is 0.433. The number of benzene rings is 2. The van der Waals surface area contributed by atoms with Crippen LogP contribution in [0.25, 0.3) is 0 Å². The van der Waals surface area contributed by atoms with Gasteiger partial charge in [-0.15, -0.1) is 11.8 Å². The van der Waals surface area contributed by atoms with Crippen molar-refractivity contribution in [3.63, 3.8) is 0 Å². The molecule has 0 radical (unpaired) electrons. The van der Waals surface area contributed by atoms with Gasteiger partial charge in [-0.05, 0) is 67.3 Å². The number of hydrogen-bond donors (Lipinski definition) is 1. The van der Waals surface area contributed by atoms with Gasteiger partial charge in [0.25, 0.3) is 0 Å². The number of thioether (sulfide) groups is 1. The summed E-state index contributed by atoms with van der Waals surface area (Å²) in [5, 5.41) is 9.75. The third-order valence-corrected chi connectivity index (χ3v) is 8.09. The van der Waals surface area contributed by atoms with E-state index in [1.54, 1.807) is 26.0 Å². The Labute approximate surface area is 237 Å². The van der Waals surface area contributed by atoms with Gasteiger partial charge in [0, 0.05) is 65.5 Å². The van der Waals surface area contributed by atoms with Crippen molar-refractivity contribution in [1.82, 2.24) is 4.90 Å². The summed E-state index contributed by atoms with van der Waals surface area (Å²) < 4.78 is 4.25. The number of piperidine rings is 1. The number of methoxy groups -OCH3 is 1. The van der Waals surface area contributed by atoms with Crippen molar-refractivity contribution in [3.05, 3.63) is 69.8 Å². The average Bonchev–Trinajstić information content (AvgIpc) is 3.17. The molecule has 1 fully saturated rings. The number of anilines is 2. The molecule has 1 saturated heterocycles. The number of carbonyl (C=O) groups is 1. The number of rotatable bonds is 8. The van der Waals surface area contributed by atoms with Gasteiger partial charge in [-0.2, -0.15) is 5.26 Å². The Morgan fingerprint density at radius 2 is 1.85 bits per heavy atom. The number of aryl methyl sites for hydroxylation is 1. The first kappa shape index (κ1) is 30.2. The molecule has 1 atom stereocenters. The summed E-state index contributed by atoms with van der Waals surface area (Å²) in [6.45, 7) is 5.01. The van der Waals surface area contributed by atoms with E-state index in [4.69, 9.17) is 16.0 Å². The number of nitrogens with zero attached hydrogens (tertiary/aromatic N) is 5. The summed E-state index contributed by atoms with van der Waals surface area (Å²) in [6.07, 6.45) is 6.97. The first-order valence-corrected chi connectivity index (χ1v) is 14.1. The normalized spacial score (nSPS) is 18.1. The van der Waals surface area contributed by atoms with Crippen molar-refractivity contribution in [2.24, 2.45) is 10.7 Å². The smallest absolute Gasteiger partial charge is 0.150 e. The van der Waals surface area contributed by atoms with Crippen LogP contribution in [-0.2, 0) is 10.5 Å². The number of aldehydes is 1. The minimum atomic E-state index is 0.251. The lowest BCUT2D eigenvalue weighted by atomic mass is 10.1. The van der Waals surface area contributed by atoms with Crippen LogP contribution in [0, 0.1) is 18.3 Å². The standard InChI is InChI=1S/C28H34N6OS.C2H6O/c1-20-14-21(16-29)4-6-23(20)19-36-27(30)8-11-31-24-9-12-34(13-10-24)17-28-32(2)25-7-5-22(18-35)15-26(25)33(28)3;1-3-2/h4-8,11,14-15,18,24,28H,9-10,12-13,17,19,30H2,1-3H3;1-2H3/b27-8+,31-11?;. The number of aliphatic imine (C=N–C) groups is 1. The maximum absolute atomic E-state index is 11.2. The van der Waals surface area contributed by atoms with Crippen molar-refractivity contribution in [2.45, 2.75) is 37.7 Å². The Bertz CT molecular complexity index is 1220. The van der Waals surface area contributed by atoms with E-state index in [1.807, 2.05) is 55.6 Å². The van der Waals surface area contributed by atoms with Crippen LogP contribution in [0.1, 0.15) is 39.9 Å². The molecule has 2 heterocycles. The minimum absolute atomic E-state index is 0.251. The first-order valence-electron chi connectivity index (χ1n) is 13.1. The minimum Gasteiger partial charge on any atom is -0.393 e. The van der Waals surface area contributed by atoms with Crippen LogP contribution in [0.2, 0.25) is 0 Å². The first-order chi connectivity index (χ1) is 18.8. The SMILES string of the molecule is COC.Cc1cc(C#N)ccc1CS/C(N)=C/C=NC1CCN(CC2N(C)c3ccc(C=O)cc3N2C)CC1. The summed E-state index contributed by atoms with van der Waals surface area (Å²) in [6, 6.07) is 14.2. The second-order valence-electron chi connectivity index (χ2n) is 9.92. The number of fused-ring (bicyclic) bond motifs is 1. The monoisotopic (exact) mass is 548 g/mol. The van der Waals surface area contributed by atoms with Crippen LogP contribution < -0.4 is 15.5 Å². The quantitative estimate of drug-likeness (QED) is 0.382. The van der Waals surface area contributed by atoms with E-state index in [0.717, 1.165) is 60.8 Å². The van der Waals surface area contributed by atoms with Gasteiger partial charge in [-0.3, -0.25) is 14.7 Å². The molecule has 2 aromatic carbocycles. The Balaban J connectivity index is 0.00000134. The predicted octanol–water partition coefficient (Wildman–Crippen LogP) is 4.42. The van der Waals surface area contributed by atoms with Crippen LogP contribution >= 0.6 is 11.8 Å². The summed E-state index contributed by atoms with van der Waals surface area (Å²) in [4.78, 5) is 23.0. The largest absolute Gasteiger partial charge is 0.393 e. The zero-order chi connectivity index (χ0) is 28.4. The molecule has 1 unspecified atom stereocenters. The third-order valence-electron chi connectivity index (χ3n) is 7.17. The Kier molecular flexibility index (Phi) is 11.4.